The van der Waals surface area contributed by atoms with Crippen molar-refractivity contribution in [1.82, 2.24) is 4.31 Å². The monoisotopic (exact) mass is 395 g/mol. The molecule has 0 aromatic heterocycles. The molecule has 1 atom stereocenters. The van der Waals surface area contributed by atoms with Crippen molar-refractivity contribution in [3.63, 3.8) is 0 Å². The predicted octanol–water partition coefficient (Wildman–Crippen LogP) is 4.19. The second-order valence-electron chi connectivity index (χ2n) is 6.32. The van der Waals surface area contributed by atoms with E-state index in [1.165, 1.54) is 4.31 Å². The van der Waals surface area contributed by atoms with Gasteiger partial charge in [-0.25, -0.2) is 8.42 Å². The van der Waals surface area contributed by atoms with Gasteiger partial charge < -0.3 is 9.47 Å². The molecule has 0 N–H and O–H groups in total. The molecule has 2 aromatic rings. The minimum Gasteiger partial charge on any atom is -0.493 e. The molecule has 26 heavy (non-hydrogen) atoms. The molecule has 0 bridgehead atoms. The van der Waals surface area contributed by atoms with Crippen LogP contribution >= 0.6 is 11.6 Å². The van der Waals surface area contributed by atoms with Gasteiger partial charge in [-0.1, -0.05) is 23.7 Å². The summed E-state index contributed by atoms with van der Waals surface area (Å²) in [4.78, 5) is 0.150. The number of nitrogens with zero attached hydrogens (tertiary/aromatic N) is 1. The first-order valence-electron chi connectivity index (χ1n) is 8.38. The van der Waals surface area contributed by atoms with Crippen LogP contribution in [0.4, 0.5) is 0 Å². The molecule has 3 rings (SSSR count). The first-order chi connectivity index (χ1) is 12.4. The average Bonchev–Trinajstić information content (AvgIpc) is 3.11. The number of methoxy groups -OCH3 is 2. The lowest BCUT2D eigenvalue weighted by Gasteiger charge is -2.25. The molecule has 0 saturated carbocycles. The van der Waals surface area contributed by atoms with Crippen molar-refractivity contribution in [3.8, 4) is 11.5 Å². The van der Waals surface area contributed by atoms with Gasteiger partial charge in [0.25, 0.3) is 0 Å². The SMILES string of the molecule is COc1ccc(C2CCCN2S(=O)(=O)c2ccc(C)cc2Cl)cc1OC. The Morgan fingerprint density at radius 1 is 1.08 bits per heavy atom. The summed E-state index contributed by atoms with van der Waals surface area (Å²) in [5.74, 6) is 1.20. The average molecular weight is 396 g/mol. The van der Waals surface area contributed by atoms with Crippen LogP contribution in [0, 0.1) is 6.92 Å². The Hall–Kier alpha value is -1.76. The van der Waals surface area contributed by atoms with Crippen LogP contribution in [0.5, 0.6) is 11.5 Å². The normalized spacial score (nSPS) is 18.1. The van der Waals surface area contributed by atoms with Gasteiger partial charge in [0.2, 0.25) is 10.0 Å². The summed E-state index contributed by atoms with van der Waals surface area (Å²) in [6.07, 6.45) is 1.54. The maximum atomic E-state index is 13.2. The lowest BCUT2D eigenvalue weighted by Crippen LogP contribution is -2.31. The molecular formula is C19H22ClNO4S. The highest BCUT2D eigenvalue weighted by Crippen LogP contribution is 2.40. The molecule has 1 aliphatic rings. The van der Waals surface area contributed by atoms with E-state index >= 15 is 0 Å². The van der Waals surface area contributed by atoms with E-state index in [0.717, 1.165) is 24.0 Å². The molecule has 0 spiro atoms. The van der Waals surface area contributed by atoms with Gasteiger partial charge in [0.05, 0.1) is 25.3 Å². The van der Waals surface area contributed by atoms with Crippen LogP contribution in [0.2, 0.25) is 5.02 Å². The summed E-state index contributed by atoms with van der Waals surface area (Å²) >= 11 is 6.23. The van der Waals surface area contributed by atoms with Crippen LogP contribution in [0.3, 0.4) is 0 Å². The fraction of sp³-hybridized carbons (Fsp3) is 0.368. The van der Waals surface area contributed by atoms with E-state index in [2.05, 4.69) is 0 Å². The summed E-state index contributed by atoms with van der Waals surface area (Å²) in [5.41, 5.74) is 1.80. The van der Waals surface area contributed by atoms with Gasteiger partial charge in [-0.2, -0.15) is 4.31 Å². The molecule has 0 radical (unpaired) electrons. The van der Waals surface area contributed by atoms with E-state index < -0.39 is 10.0 Å². The highest BCUT2D eigenvalue weighted by Gasteiger charge is 2.37. The second kappa shape index (κ2) is 7.47. The Morgan fingerprint density at radius 2 is 1.81 bits per heavy atom. The molecule has 5 nitrogen and oxygen atoms in total. The van der Waals surface area contributed by atoms with Gasteiger partial charge in [-0.3, -0.25) is 0 Å². The fourth-order valence-corrected chi connectivity index (χ4v) is 5.62. The largest absolute Gasteiger partial charge is 0.493 e. The number of aryl methyl sites for hydroxylation is 1. The summed E-state index contributed by atoms with van der Waals surface area (Å²) in [5, 5.41) is 0.253. The van der Waals surface area contributed by atoms with Crippen molar-refractivity contribution in [2.75, 3.05) is 20.8 Å². The molecular weight excluding hydrogens is 374 g/mol. The van der Waals surface area contributed by atoms with Gasteiger partial charge in [0.1, 0.15) is 4.90 Å². The summed E-state index contributed by atoms with van der Waals surface area (Å²) in [6.45, 7) is 2.34. The molecule has 0 amide bonds. The second-order valence-corrected chi connectivity index (χ2v) is 8.59. The number of rotatable bonds is 5. The van der Waals surface area contributed by atoms with Crippen LogP contribution < -0.4 is 9.47 Å². The van der Waals surface area contributed by atoms with Crippen molar-refractivity contribution in [3.05, 3.63) is 52.5 Å². The Labute approximate surface area is 159 Å². The third-order valence-electron chi connectivity index (χ3n) is 4.67. The molecule has 140 valence electrons. The molecule has 2 aromatic carbocycles. The van der Waals surface area contributed by atoms with Crippen LogP contribution in [0.1, 0.15) is 30.0 Å². The minimum absolute atomic E-state index is 0.150. The van der Waals surface area contributed by atoms with Crippen molar-refractivity contribution in [1.29, 1.82) is 0 Å². The quantitative estimate of drug-likeness (QED) is 0.761. The standard InChI is InChI=1S/C19H22ClNO4S/c1-13-6-9-19(15(20)11-13)26(22,23)21-10-4-5-16(21)14-7-8-17(24-2)18(12-14)25-3/h6-9,11-12,16H,4-5,10H2,1-3H3. The zero-order valence-electron chi connectivity index (χ0n) is 15.0. The van der Waals surface area contributed by atoms with Crippen LogP contribution in [0.15, 0.2) is 41.3 Å². The zero-order chi connectivity index (χ0) is 18.9. The third-order valence-corrected chi connectivity index (χ3v) is 7.06. The number of halogens is 1. The molecule has 1 saturated heterocycles. The van der Waals surface area contributed by atoms with Gasteiger partial charge >= 0.3 is 0 Å². The topological polar surface area (TPSA) is 55.8 Å². The van der Waals surface area contributed by atoms with Gasteiger partial charge in [0, 0.05) is 6.54 Å². The van der Waals surface area contributed by atoms with Gasteiger partial charge in [-0.15, -0.1) is 0 Å². The van der Waals surface area contributed by atoms with Crippen molar-refractivity contribution in [2.45, 2.75) is 30.7 Å². The molecule has 7 heteroatoms. The van der Waals surface area contributed by atoms with Crippen LogP contribution in [-0.4, -0.2) is 33.5 Å². The van der Waals surface area contributed by atoms with E-state index in [0.29, 0.717) is 18.0 Å². The lowest BCUT2D eigenvalue weighted by atomic mass is 10.0. The van der Waals surface area contributed by atoms with Crippen molar-refractivity contribution in [2.24, 2.45) is 0 Å². The Bertz CT molecular complexity index is 914. The van der Waals surface area contributed by atoms with E-state index in [1.807, 2.05) is 19.1 Å². The number of hydrogen-bond donors (Lipinski definition) is 0. The first kappa shape index (κ1) is 19.0. The maximum absolute atomic E-state index is 13.2. The van der Waals surface area contributed by atoms with Crippen molar-refractivity contribution >= 4 is 21.6 Å². The number of hydrogen-bond acceptors (Lipinski definition) is 4. The Morgan fingerprint density at radius 3 is 2.46 bits per heavy atom. The molecule has 1 heterocycles. The molecule has 0 aliphatic carbocycles. The Balaban J connectivity index is 2.00. The molecule has 1 fully saturated rings. The first-order valence-corrected chi connectivity index (χ1v) is 10.2. The van der Waals surface area contributed by atoms with E-state index in [9.17, 15) is 8.42 Å². The third kappa shape index (κ3) is 3.41. The predicted molar refractivity (Wildman–Crippen MR) is 102 cm³/mol. The highest BCUT2D eigenvalue weighted by atomic mass is 35.5. The Kier molecular flexibility index (Phi) is 5.46. The molecule has 1 aliphatic heterocycles. The maximum Gasteiger partial charge on any atom is 0.245 e. The summed E-state index contributed by atoms with van der Waals surface area (Å²) in [6, 6.07) is 10.3. The number of sulfonamides is 1. The summed E-state index contributed by atoms with van der Waals surface area (Å²) < 4.78 is 38.6. The van der Waals surface area contributed by atoms with Crippen molar-refractivity contribution < 1.29 is 17.9 Å². The van der Waals surface area contributed by atoms with Crippen LogP contribution in [0.25, 0.3) is 0 Å². The van der Waals surface area contributed by atoms with Crippen LogP contribution in [-0.2, 0) is 10.0 Å². The summed E-state index contributed by atoms with van der Waals surface area (Å²) in [7, 11) is -0.550. The fourth-order valence-electron chi connectivity index (χ4n) is 3.36. The van der Waals surface area contributed by atoms with Gasteiger partial charge in [0.15, 0.2) is 11.5 Å². The van der Waals surface area contributed by atoms with E-state index in [1.54, 1.807) is 38.5 Å². The van der Waals surface area contributed by atoms with Gasteiger partial charge in [-0.05, 0) is 55.2 Å². The molecule has 1 unspecified atom stereocenters. The van der Waals surface area contributed by atoms with E-state index in [4.69, 9.17) is 21.1 Å². The lowest BCUT2D eigenvalue weighted by molar-refractivity contribution is 0.351. The zero-order valence-corrected chi connectivity index (χ0v) is 16.6. The smallest absolute Gasteiger partial charge is 0.245 e. The highest BCUT2D eigenvalue weighted by molar-refractivity contribution is 7.89. The minimum atomic E-state index is -3.69. The number of benzene rings is 2. The van der Waals surface area contributed by atoms with E-state index in [-0.39, 0.29) is 16.0 Å². The number of ether oxygens (including phenoxy) is 2.